The highest BCUT2D eigenvalue weighted by atomic mass is 16.7. The summed E-state index contributed by atoms with van der Waals surface area (Å²) in [6, 6.07) is 0.522. The Labute approximate surface area is 92.5 Å². The van der Waals surface area contributed by atoms with Gasteiger partial charge in [-0.2, -0.15) is 0 Å². The summed E-state index contributed by atoms with van der Waals surface area (Å²) in [5.74, 6) is 0. The van der Waals surface area contributed by atoms with Crippen LogP contribution in [0.15, 0.2) is 0 Å². The molecule has 4 nitrogen and oxygen atoms in total. The Morgan fingerprint density at radius 3 is 2.47 bits per heavy atom. The van der Waals surface area contributed by atoms with Crippen molar-refractivity contribution in [1.29, 1.82) is 0 Å². The molecule has 1 atom stereocenters. The molecule has 0 amide bonds. The molecule has 1 fully saturated rings. The second kappa shape index (κ2) is 7.17. The molecule has 0 radical (unpaired) electrons. The molecule has 4 heteroatoms. The molecule has 0 bridgehead atoms. The van der Waals surface area contributed by atoms with Crippen molar-refractivity contribution >= 4 is 0 Å². The fraction of sp³-hybridized carbons (Fsp3) is 1.00. The van der Waals surface area contributed by atoms with Gasteiger partial charge in [0.1, 0.15) is 0 Å². The molecule has 90 valence electrons. The summed E-state index contributed by atoms with van der Waals surface area (Å²) < 4.78 is 16.4. The SMILES string of the molecule is CCOC(CN(C)C1CCOC1)OCC. The third kappa shape index (κ3) is 4.47. The minimum Gasteiger partial charge on any atom is -0.380 e. The molecule has 1 heterocycles. The summed E-state index contributed by atoms with van der Waals surface area (Å²) in [5.41, 5.74) is 0. The van der Waals surface area contributed by atoms with Crippen molar-refractivity contribution in [1.82, 2.24) is 4.90 Å². The van der Waals surface area contributed by atoms with Crippen LogP contribution >= 0.6 is 0 Å². The van der Waals surface area contributed by atoms with E-state index >= 15 is 0 Å². The monoisotopic (exact) mass is 217 g/mol. The van der Waals surface area contributed by atoms with E-state index in [1.807, 2.05) is 13.8 Å². The second-order valence-electron chi connectivity index (χ2n) is 3.80. The lowest BCUT2D eigenvalue weighted by Gasteiger charge is -2.27. The molecule has 0 aliphatic carbocycles. The van der Waals surface area contributed by atoms with Gasteiger partial charge in [0, 0.05) is 32.4 Å². The quantitative estimate of drug-likeness (QED) is 0.598. The maximum absolute atomic E-state index is 5.51. The minimum atomic E-state index is -0.106. The van der Waals surface area contributed by atoms with Crippen molar-refractivity contribution < 1.29 is 14.2 Å². The van der Waals surface area contributed by atoms with Crippen LogP contribution in [0.25, 0.3) is 0 Å². The van der Waals surface area contributed by atoms with Crippen LogP contribution in [0.2, 0.25) is 0 Å². The number of hydrogen-bond acceptors (Lipinski definition) is 4. The Balaban J connectivity index is 2.28. The molecular weight excluding hydrogens is 194 g/mol. The number of ether oxygens (including phenoxy) is 3. The summed E-state index contributed by atoms with van der Waals surface area (Å²) in [7, 11) is 2.10. The molecule has 1 saturated heterocycles. The minimum absolute atomic E-state index is 0.106. The second-order valence-corrected chi connectivity index (χ2v) is 3.80. The van der Waals surface area contributed by atoms with Crippen LogP contribution < -0.4 is 0 Å². The van der Waals surface area contributed by atoms with Gasteiger partial charge in [0.25, 0.3) is 0 Å². The average Bonchev–Trinajstić information content (AvgIpc) is 2.71. The zero-order valence-corrected chi connectivity index (χ0v) is 10.1. The molecule has 0 aromatic heterocycles. The molecule has 0 saturated carbocycles. The van der Waals surface area contributed by atoms with Gasteiger partial charge in [0.05, 0.1) is 6.61 Å². The van der Waals surface area contributed by atoms with Crippen LogP contribution in [0.3, 0.4) is 0 Å². The van der Waals surface area contributed by atoms with Crippen LogP contribution in [-0.4, -0.2) is 57.3 Å². The molecule has 0 aromatic carbocycles. The first-order chi connectivity index (χ1) is 7.27. The zero-order valence-electron chi connectivity index (χ0n) is 10.1. The lowest BCUT2D eigenvalue weighted by molar-refractivity contribution is -0.148. The zero-order chi connectivity index (χ0) is 11.1. The summed E-state index contributed by atoms with van der Waals surface area (Å²) in [6.07, 6.45) is 1.01. The van der Waals surface area contributed by atoms with Crippen LogP contribution in [0, 0.1) is 0 Å². The van der Waals surface area contributed by atoms with Crippen molar-refractivity contribution in [3.63, 3.8) is 0 Å². The molecule has 0 spiro atoms. The van der Waals surface area contributed by atoms with E-state index < -0.39 is 0 Å². The molecule has 1 rings (SSSR count). The van der Waals surface area contributed by atoms with Gasteiger partial charge in [-0.05, 0) is 27.3 Å². The number of rotatable bonds is 7. The molecule has 15 heavy (non-hydrogen) atoms. The highest BCUT2D eigenvalue weighted by Crippen LogP contribution is 2.11. The lowest BCUT2D eigenvalue weighted by Crippen LogP contribution is -2.40. The predicted octanol–water partition coefficient (Wildman–Crippen LogP) is 1.11. The predicted molar refractivity (Wildman–Crippen MR) is 58.9 cm³/mol. The molecule has 0 N–H and O–H groups in total. The van der Waals surface area contributed by atoms with Gasteiger partial charge in [-0.3, -0.25) is 4.90 Å². The maximum atomic E-state index is 5.51. The number of likely N-dealkylation sites (N-methyl/N-ethyl adjacent to an activating group) is 1. The molecule has 1 unspecified atom stereocenters. The van der Waals surface area contributed by atoms with Crippen molar-refractivity contribution in [3.8, 4) is 0 Å². The smallest absolute Gasteiger partial charge is 0.170 e. The lowest BCUT2D eigenvalue weighted by atomic mass is 10.2. The van der Waals surface area contributed by atoms with Gasteiger partial charge in [0.2, 0.25) is 0 Å². The Hall–Kier alpha value is -0.160. The maximum Gasteiger partial charge on any atom is 0.170 e. The normalized spacial score (nSPS) is 21.8. The Bertz CT molecular complexity index is 154. The van der Waals surface area contributed by atoms with Crippen LogP contribution in [0.4, 0.5) is 0 Å². The van der Waals surface area contributed by atoms with Crippen LogP contribution in [0.5, 0.6) is 0 Å². The van der Waals surface area contributed by atoms with E-state index in [1.165, 1.54) is 0 Å². The molecular formula is C11H23NO3. The topological polar surface area (TPSA) is 30.9 Å². The van der Waals surface area contributed by atoms with E-state index in [4.69, 9.17) is 14.2 Å². The summed E-state index contributed by atoms with van der Waals surface area (Å²) in [4.78, 5) is 2.27. The Morgan fingerprint density at radius 1 is 1.33 bits per heavy atom. The van der Waals surface area contributed by atoms with Gasteiger partial charge >= 0.3 is 0 Å². The van der Waals surface area contributed by atoms with Gasteiger partial charge in [-0.1, -0.05) is 0 Å². The van der Waals surface area contributed by atoms with E-state index in [1.54, 1.807) is 0 Å². The number of nitrogens with zero attached hydrogens (tertiary/aromatic N) is 1. The third-order valence-electron chi connectivity index (χ3n) is 2.67. The first-order valence-corrected chi connectivity index (χ1v) is 5.79. The standard InChI is InChI=1S/C11H23NO3/c1-4-14-11(15-5-2)8-12(3)10-6-7-13-9-10/h10-11H,4-9H2,1-3H3. The molecule has 1 aliphatic heterocycles. The van der Waals surface area contributed by atoms with Crippen LogP contribution in [-0.2, 0) is 14.2 Å². The molecule has 1 aliphatic rings. The van der Waals surface area contributed by atoms with E-state index in [0.29, 0.717) is 19.3 Å². The van der Waals surface area contributed by atoms with E-state index in [-0.39, 0.29) is 6.29 Å². The third-order valence-corrected chi connectivity index (χ3v) is 2.67. The van der Waals surface area contributed by atoms with Crippen molar-refractivity contribution in [3.05, 3.63) is 0 Å². The number of hydrogen-bond donors (Lipinski definition) is 0. The Kier molecular flexibility index (Phi) is 6.17. The van der Waals surface area contributed by atoms with Crippen molar-refractivity contribution in [2.45, 2.75) is 32.6 Å². The highest BCUT2D eigenvalue weighted by molar-refractivity contribution is 4.73. The fourth-order valence-corrected chi connectivity index (χ4v) is 1.78. The Morgan fingerprint density at radius 2 is 2.00 bits per heavy atom. The highest BCUT2D eigenvalue weighted by Gasteiger charge is 2.22. The van der Waals surface area contributed by atoms with Gasteiger partial charge in [0.15, 0.2) is 6.29 Å². The fourth-order valence-electron chi connectivity index (χ4n) is 1.78. The van der Waals surface area contributed by atoms with Crippen molar-refractivity contribution in [2.24, 2.45) is 0 Å². The first-order valence-electron chi connectivity index (χ1n) is 5.79. The van der Waals surface area contributed by atoms with Gasteiger partial charge in [-0.25, -0.2) is 0 Å². The van der Waals surface area contributed by atoms with Crippen LogP contribution in [0.1, 0.15) is 20.3 Å². The summed E-state index contributed by atoms with van der Waals surface area (Å²) in [5, 5.41) is 0. The average molecular weight is 217 g/mol. The van der Waals surface area contributed by atoms with E-state index in [9.17, 15) is 0 Å². The summed E-state index contributed by atoms with van der Waals surface area (Å²) >= 11 is 0. The first kappa shape index (κ1) is 12.9. The van der Waals surface area contributed by atoms with Gasteiger partial charge < -0.3 is 14.2 Å². The van der Waals surface area contributed by atoms with Crippen molar-refractivity contribution in [2.75, 3.05) is 40.0 Å². The van der Waals surface area contributed by atoms with Gasteiger partial charge in [-0.15, -0.1) is 0 Å². The molecule has 0 aromatic rings. The van der Waals surface area contributed by atoms with E-state index in [2.05, 4.69) is 11.9 Å². The van der Waals surface area contributed by atoms with E-state index in [0.717, 1.165) is 26.2 Å². The largest absolute Gasteiger partial charge is 0.380 e. The summed E-state index contributed by atoms with van der Waals surface area (Å²) in [6.45, 7) is 7.90.